The van der Waals surface area contributed by atoms with Gasteiger partial charge in [-0.05, 0) is 13.0 Å². The summed E-state index contributed by atoms with van der Waals surface area (Å²) in [6.07, 6.45) is 1.25. The highest BCUT2D eigenvalue weighted by atomic mass is 16.1. The van der Waals surface area contributed by atoms with Gasteiger partial charge in [0.1, 0.15) is 0 Å². The molecule has 4 heteroatoms. The average Bonchev–Trinajstić information content (AvgIpc) is 2.54. The fourth-order valence-electron chi connectivity index (χ4n) is 1.34. The predicted octanol–water partition coefficient (Wildman–Crippen LogP) is 2.76. The molecule has 0 saturated carbocycles. The minimum atomic E-state index is -0.284. The molecule has 21 heavy (non-hydrogen) atoms. The number of carbonyl (C=O) groups excluding carboxylic acids is 1. The van der Waals surface area contributed by atoms with Crippen molar-refractivity contribution in [1.29, 1.82) is 0 Å². The van der Waals surface area contributed by atoms with E-state index in [1.165, 1.54) is 6.20 Å². The Morgan fingerprint density at radius 3 is 2.29 bits per heavy atom. The summed E-state index contributed by atoms with van der Waals surface area (Å²) in [5.74, 6) is 5.15. The lowest BCUT2D eigenvalue weighted by Crippen LogP contribution is -2.25. The topological polar surface area (TPSA) is 81.1 Å². The number of para-hydroxylation sites is 1. The van der Waals surface area contributed by atoms with Crippen molar-refractivity contribution < 1.29 is 4.79 Å². The smallest absolute Gasteiger partial charge is 0.254 e. The van der Waals surface area contributed by atoms with Gasteiger partial charge in [0.05, 0.1) is 12.1 Å². The van der Waals surface area contributed by atoms with E-state index >= 15 is 0 Å². The SMILES string of the molecule is CC.CC.CC#CCNC(=O)/C(=C/N)c1ccccc1N. The Balaban J connectivity index is 0. The molecule has 1 rings (SSSR count). The summed E-state index contributed by atoms with van der Waals surface area (Å²) in [5.41, 5.74) is 12.7. The first-order chi connectivity index (χ1) is 10.2. The molecule has 0 atom stereocenters. The van der Waals surface area contributed by atoms with Crippen LogP contribution in [0.25, 0.3) is 5.57 Å². The monoisotopic (exact) mass is 289 g/mol. The molecule has 0 unspecified atom stereocenters. The van der Waals surface area contributed by atoms with Crippen molar-refractivity contribution in [1.82, 2.24) is 5.32 Å². The van der Waals surface area contributed by atoms with Gasteiger partial charge in [0, 0.05) is 17.5 Å². The van der Waals surface area contributed by atoms with Crippen molar-refractivity contribution >= 4 is 17.2 Å². The fourth-order valence-corrected chi connectivity index (χ4v) is 1.34. The van der Waals surface area contributed by atoms with Gasteiger partial charge in [-0.25, -0.2) is 0 Å². The number of anilines is 1. The van der Waals surface area contributed by atoms with Gasteiger partial charge in [-0.3, -0.25) is 4.79 Å². The normalized spacial score (nSPS) is 8.90. The van der Waals surface area contributed by atoms with Crippen LogP contribution in [0.15, 0.2) is 30.5 Å². The largest absolute Gasteiger partial charge is 0.404 e. The molecule has 5 N–H and O–H groups in total. The molecule has 0 bridgehead atoms. The molecular formula is C17H27N3O. The molecule has 1 aromatic rings. The number of nitrogens with one attached hydrogen (secondary N) is 1. The molecule has 0 aliphatic rings. The summed E-state index contributed by atoms with van der Waals surface area (Å²) in [6.45, 7) is 10.0. The van der Waals surface area contributed by atoms with Crippen LogP contribution >= 0.6 is 0 Å². The van der Waals surface area contributed by atoms with Crippen LogP contribution in [0.4, 0.5) is 5.69 Å². The van der Waals surface area contributed by atoms with Gasteiger partial charge in [0.2, 0.25) is 0 Å². The Hall–Kier alpha value is -2.41. The summed E-state index contributed by atoms with van der Waals surface area (Å²) in [4.78, 5) is 11.8. The molecule has 0 spiro atoms. The van der Waals surface area contributed by atoms with Crippen LogP contribution < -0.4 is 16.8 Å². The minimum absolute atomic E-state index is 0.284. The van der Waals surface area contributed by atoms with E-state index in [2.05, 4.69) is 17.2 Å². The van der Waals surface area contributed by atoms with Crippen LogP contribution in [0.1, 0.15) is 40.2 Å². The molecule has 0 aliphatic heterocycles. The second-order valence-electron chi connectivity index (χ2n) is 3.28. The number of carbonyl (C=O) groups is 1. The highest BCUT2D eigenvalue weighted by Gasteiger charge is 2.12. The Morgan fingerprint density at radius 2 is 1.81 bits per heavy atom. The molecule has 0 fully saturated rings. The molecule has 0 aromatic heterocycles. The van der Waals surface area contributed by atoms with Gasteiger partial charge in [0.25, 0.3) is 5.91 Å². The highest BCUT2D eigenvalue weighted by Crippen LogP contribution is 2.20. The van der Waals surface area contributed by atoms with Crippen LogP contribution in [-0.2, 0) is 4.79 Å². The number of rotatable bonds is 3. The van der Waals surface area contributed by atoms with Gasteiger partial charge in [-0.2, -0.15) is 0 Å². The van der Waals surface area contributed by atoms with Crippen LogP contribution in [-0.4, -0.2) is 12.5 Å². The summed E-state index contributed by atoms with van der Waals surface area (Å²) in [7, 11) is 0. The van der Waals surface area contributed by atoms with Gasteiger partial charge >= 0.3 is 0 Å². The van der Waals surface area contributed by atoms with Gasteiger partial charge in [-0.15, -0.1) is 5.92 Å². The maximum Gasteiger partial charge on any atom is 0.254 e. The van der Waals surface area contributed by atoms with E-state index in [0.29, 0.717) is 23.4 Å². The summed E-state index contributed by atoms with van der Waals surface area (Å²) < 4.78 is 0. The standard InChI is InChI=1S/C13H15N3O.2C2H6/c1-2-3-8-16-13(17)11(9-14)10-6-4-5-7-12(10)15;2*1-2/h4-7,9H,8,14-15H2,1H3,(H,16,17);2*1-2H3/b11-9+;;. The number of nitrogen functional groups attached to an aromatic ring is 1. The summed E-state index contributed by atoms with van der Waals surface area (Å²) >= 11 is 0. The number of hydrogen-bond donors (Lipinski definition) is 3. The molecule has 0 radical (unpaired) electrons. The average molecular weight is 289 g/mol. The third-order valence-corrected chi connectivity index (χ3v) is 2.18. The Labute approximate surface area is 128 Å². The van der Waals surface area contributed by atoms with E-state index in [9.17, 15) is 4.79 Å². The number of amides is 1. The van der Waals surface area contributed by atoms with Crippen LogP contribution in [0.5, 0.6) is 0 Å². The Bertz CT molecular complexity index is 496. The quantitative estimate of drug-likeness (QED) is 0.454. The second-order valence-corrected chi connectivity index (χ2v) is 3.28. The number of benzene rings is 1. The number of hydrogen-bond acceptors (Lipinski definition) is 3. The van der Waals surface area contributed by atoms with Gasteiger partial charge in [-0.1, -0.05) is 51.8 Å². The van der Waals surface area contributed by atoms with E-state index < -0.39 is 0 Å². The van der Waals surface area contributed by atoms with Crippen LogP contribution in [0.2, 0.25) is 0 Å². The maximum absolute atomic E-state index is 11.8. The third-order valence-electron chi connectivity index (χ3n) is 2.18. The van der Waals surface area contributed by atoms with Crippen molar-refractivity contribution in [2.24, 2.45) is 5.73 Å². The zero-order chi connectivity index (χ0) is 16.7. The lowest BCUT2D eigenvalue weighted by atomic mass is 10.0. The van der Waals surface area contributed by atoms with Gasteiger partial charge in [0.15, 0.2) is 0 Å². The minimum Gasteiger partial charge on any atom is -0.404 e. The van der Waals surface area contributed by atoms with E-state index in [0.717, 1.165) is 0 Å². The third kappa shape index (κ3) is 7.68. The van der Waals surface area contributed by atoms with Crippen LogP contribution in [0.3, 0.4) is 0 Å². The summed E-state index contributed by atoms with van der Waals surface area (Å²) in [5, 5.41) is 2.64. The second kappa shape index (κ2) is 14.0. The van der Waals surface area contributed by atoms with Crippen molar-refractivity contribution in [3.05, 3.63) is 36.0 Å². The maximum atomic E-state index is 11.8. The van der Waals surface area contributed by atoms with Crippen molar-refractivity contribution in [3.8, 4) is 11.8 Å². The molecule has 1 aromatic carbocycles. The molecule has 116 valence electrons. The van der Waals surface area contributed by atoms with E-state index in [1.807, 2.05) is 27.7 Å². The molecular weight excluding hydrogens is 262 g/mol. The summed E-state index contributed by atoms with van der Waals surface area (Å²) in [6, 6.07) is 7.07. The zero-order valence-electron chi connectivity index (χ0n) is 13.7. The first kappa shape index (κ1) is 20.9. The van der Waals surface area contributed by atoms with E-state index in [-0.39, 0.29) is 5.91 Å². The number of nitrogens with two attached hydrogens (primary N) is 2. The first-order valence-corrected chi connectivity index (χ1v) is 7.15. The van der Waals surface area contributed by atoms with Crippen molar-refractivity contribution in [2.45, 2.75) is 34.6 Å². The van der Waals surface area contributed by atoms with Crippen LogP contribution in [0, 0.1) is 11.8 Å². The fraction of sp³-hybridized carbons (Fsp3) is 0.353. The molecule has 4 nitrogen and oxygen atoms in total. The van der Waals surface area contributed by atoms with E-state index in [4.69, 9.17) is 11.5 Å². The lowest BCUT2D eigenvalue weighted by molar-refractivity contribution is -0.115. The highest BCUT2D eigenvalue weighted by molar-refractivity contribution is 6.20. The molecule has 0 saturated heterocycles. The first-order valence-electron chi connectivity index (χ1n) is 7.15. The Morgan fingerprint density at radius 1 is 1.24 bits per heavy atom. The molecule has 0 heterocycles. The zero-order valence-corrected chi connectivity index (χ0v) is 13.7. The predicted molar refractivity (Wildman–Crippen MR) is 92.2 cm³/mol. The molecule has 0 aliphatic carbocycles. The lowest BCUT2D eigenvalue weighted by Gasteiger charge is -2.08. The van der Waals surface area contributed by atoms with Crippen molar-refractivity contribution in [2.75, 3.05) is 12.3 Å². The Kier molecular flexibility index (Phi) is 13.9. The van der Waals surface area contributed by atoms with E-state index in [1.54, 1.807) is 31.2 Å². The molecule has 1 amide bonds. The van der Waals surface area contributed by atoms with Gasteiger partial charge < -0.3 is 16.8 Å². The van der Waals surface area contributed by atoms with Crippen molar-refractivity contribution in [3.63, 3.8) is 0 Å².